The Morgan fingerprint density at radius 3 is 2.17 bits per heavy atom. The number of carbonyl (C=O) groups excluding carboxylic acids is 1. The van der Waals surface area contributed by atoms with Crippen LogP contribution in [-0.2, 0) is 4.79 Å². The van der Waals surface area contributed by atoms with Crippen molar-refractivity contribution in [2.45, 2.75) is 0 Å². The fraction of sp³-hybridized carbons (Fsp3) is 0.0714. The highest BCUT2D eigenvalue weighted by Crippen LogP contribution is 2.13. The molecule has 2 rings (SSSR count). The molecule has 2 aromatic rings. The molecule has 0 atom stereocenters. The van der Waals surface area contributed by atoms with Gasteiger partial charge in [0.2, 0.25) is 6.41 Å². The van der Waals surface area contributed by atoms with Crippen molar-refractivity contribution in [3.63, 3.8) is 0 Å². The second kappa shape index (κ2) is 8.14. The number of hydrogen-bond donors (Lipinski definition) is 2. The van der Waals surface area contributed by atoms with Crippen LogP contribution in [0.1, 0.15) is 0 Å². The molecule has 0 unspecified atom stereocenters. The largest absolute Gasteiger partial charge is 0.388 e. The Balaban J connectivity index is 0.000000180. The summed E-state index contributed by atoms with van der Waals surface area (Å²) >= 11 is 5.68. The van der Waals surface area contributed by atoms with E-state index in [0.717, 1.165) is 16.4 Å². The summed E-state index contributed by atoms with van der Waals surface area (Å²) < 4.78 is 0. The van der Waals surface area contributed by atoms with E-state index in [0.29, 0.717) is 6.41 Å². The highest BCUT2D eigenvalue weighted by atomic mass is 35.5. The first-order chi connectivity index (χ1) is 8.76. The van der Waals surface area contributed by atoms with E-state index in [1.54, 1.807) is 0 Å². The number of halogens is 1. The summed E-state index contributed by atoms with van der Waals surface area (Å²) in [6.45, 7) is 0. The van der Waals surface area contributed by atoms with E-state index in [1.807, 2.05) is 61.6 Å². The summed E-state index contributed by atoms with van der Waals surface area (Å²) in [6, 6.07) is 16.9. The Hall–Kier alpha value is -2.00. The molecule has 2 N–H and O–H groups in total. The number of rotatable bonds is 3. The Morgan fingerprint density at radius 1 is 1.00 bits per heavy atom. The van der Waals surface area contributed by atoms with Crippen LogP contribution in [0.3, 0.4) is 0 Å². The molecule has 0 bridgehead atoms. The van der Waals surface area contributed by atoms with Gasteiger partial charge in [-0.15, -0.1) is 0 Å². The highest BCUT2D eigenvalue weighted by molar-refractivity contribution is 6.30. The average Bonchev–Trinajstić information content (AvgIpc) is 2.41. The van der Waals surface area contributed by atoms with Gasteiger partial charge in [0.05, 0.1) is 0 Å². The fourth-order valence-corrected chi connectivity index (χ4v) is 1.44. The summed E-state index contributed by atoms with van der Waals surface area (Å²) in [5.74, 6) is 0. The monoisotopic (exact) mass is 262 g/mol. The molecular weight excluding hydrogens is 248 g/mol. The van der Waals surface area contributed by atoms with Gasteiger partial charge in [-0.2, -0.15) is 0 Å². The summed E-state index contributed by atoms with van der Waals surface area (Å²) in [7, 11) is 1.87. The third-order valence-corrected chi connectivity index (χ3v) is 2.35. The minimum absolute atomic E-state index is 0.662. The number of carbonyl (C=O) groups is 1. The van der Waals surface area contributed by atoms with Crippen LogP contribution in [0.2, 0.25) is 5.02 Å². The number of anilines is 2. The number of para-hydroxylation sites is 1. The predicted molar refractivity (Wildman–Crippen MR) is 77.1 cm³/mol. The first kappa shape index (κ1) is 14.1. The first-order valence-corrected chi connectivity index (χ1v) is 5.82. The summed E-state index contributed by atoms with van der Waals surface area (Å²) in [4.78, 5) is 9.86. The molecule has 94 valence electrons. The maximum Gasteiger partial charge on any atom is 0.211 e. The highest BCUT2D eigenvalue weighted by Gasteiger charge is 1.86. The molecule has 0 fully saturated rings. The Morgan fingerprint density at radius 2 is 1.67 bits per heavy atom. The van der Waals surface area contributed by atoms with E-state index in [9.17, 15) is 4.79 Å². The topological polar surface area (TPSA) is 41.1 Å². The first-order valence-electron chi connectivity index (χ1n) is 5.45. The fourth-order valence-electron chi connectivity index (χ4n) is 1.25. The lowest BCUT2D eigenvalue weighted by atomic mass is 10.3. The van der Waals surface area contributed by atoms with Crippen LogP contribution >= 0.6 is 11.6 Å². The van der Waals surface area contributed by atoms with E-state index >= 15 is 0 Å². The second-order valence-corrected chi connectivity index (χ2v) is 3.82. The third kappa shape index (κ3) is 5.37. The van der Waals surface area contributed by atoms with Gasteiger partial charge in [-0.3, -0.25) is 4.79 Å². The van der Waals surface area contributed by atoms with Crippen LogP contribution in [-0.4, -0.2) is 13.5 Å². The van der Waals surface area contributed by atoms with Gasteiger partial charge in [0.15, 0.2) is 0 Å². The summed E-state index contributed by atoms with van der Waals surface area (Å²) in [6.07, 6.45) is 0.662. The van der Waals surface area contributed by atoms with E-state index in [4.69, 9.17) is 11.6 Å². The zero-order valence-corrected chi connectivity index (χ0v) is 10.8. The van der Waals surface area contributed by atoms with Crippen molar-refractivity contribution in [1.29, 1.82) is 0 Å². The molecule has 0 aliphatic rings. The summed E-state index contributed by atoms with van der Waals surface area (Å²) in [5.41, 5.74) is 1.87. The molecule has 4 heteroatoms. The Bertz CT molecular complexity index is 474. The molecule has 2 aromatic carbocycles. The molecule has 1 amide bonds. The molecule has 0 radical (unpaired) electrons. The lowest BCUT2D eigenvalue weighted by Gasteiger charge is -1.97. The molecule has 0 heterocycles. The maximum absolute atomic E-state index is 9.86. The molecule has 3 nitrogen and oxygen atoms in total. The third-order valence-electron chi connectivity index (χ3n) is 2.11. The van der Waals surface area contributed by atoms with Crippen molar-refractivity contribution in [1.82, 2.24) is 0 Å². The quantitative estimate of drug-likeness (QED) is 0.830. The second-order valence-electron chi connectivity index (χ2n) is 3.39. The zero-order valence-electron chi connectivity index (χ0n) is 10.1. The predicted octanol–water partition coefficient (Wildman–Crippen LogP) is 3.64. The van der Waals surface area contributed by atoms with Crippen molar-refractivity contribution in [3.05, 3.63) is 59.6 Å². The van der Waals surface area contributed by atoms with Gasteiger partial charge < -0.3 is 10.6 Å². The lowest BCUT2D eigenvalue weighted by Crippen LogP contribution is -1.91. The van der Waals surface area contributed by atoms with Crippen molar-refractivity contribution in [2.24, 2.45) is 0 Å². The van der Waals surface area contributed by atoms with Gasteiger partial charge in [0.25, 0.3) is 0 Å². The van der Waals surface area contributed by atoms with Crippen molar-refractivity contribution >= 4 is 29.4 Å². The van der Waals surface area contributed by atoms with Gasteiger partial charge in [0.1, 0.15) is 0 Å². The van der Waals surface area contributed by atoms with Crippen LogP contribution in [0, 0.1) is 0 Å². The van der Waals surface area contributed by atoms with Crippen LogP contribution in [0.15, 0.2) is 54.6 Å². The zero-order chi connectivity index (χ0) is 13.2. The summed E-state index contributed by atoms with van der Waals surface area (Å²) in [5, 5.41) is 6.28. The molecule has 0 aliphatic carbocycles. The Labute approximate surface area is 112 Å². The van der Waals surface area contributed by atoms with E-state index < -0.39 is 0 Å². The smallest absolute Gasteiger partial charge is 0.211 e. The minimum Gasteiger partial charge on any atom is -0.388 e. The normalized spacial score (nSPS) is 8.78. The molecule has 0 saturated heterocycles. The van der Waals surface area contributed by atoms with Crippen molar-refractivity contribution in [3.8, 4) is 0 Å². The van der Waals surface area contributed by atoms with Crippen LogP contribution in [0.5, 0.6) is 0 Å². The SMILES string of the molecule is CNc1cccc(Cl)c1.O=CNc1ccccc1. The van der Waals surface area contributed by atoms with Crippen molar-refractivity contribution < 1.29 is 4.79 Å². The number of nitrogens with one attached hydrogen (secondary N) is 2. The molecule has 0 aromatic heterocycles. The molecule has 0 spiro atoms. The Kier molecular flexibility index (Phi) is 6.36. The van der Waals surface area contributed by atoms with Crippen LogP contribution in [0.25, 0.3) is 0 Å². The van der Waals surface area contributed by atoms with Gasteiger partial charge in [-0.25, -0.2) is 0 Å². The number of amides is 1. The van der Waals surface area contributed by atoms with E-state index in [-0.39, 0.29) is 0 Å². The number of benzene rings is 2. The molecular formula is C14H15ClN2O. The van der Waals surface area contributed by atoms with Crippen LogP contribution in [0.4, 0.5) is 11.4 Å². The van der Waals surface area contributed by atoms with Gasteiger partial charge in [-0.1, -0.05) is 35.9 Å². The van der Waals surface area contributed by atoms with Crippen LogP contribution < -0.4 is 10.6 Å². The standard InChI is InChI=1S/C7H8ClN.C7H7NO/c1-9-7-4-2-3-6(8)5-7;9-6-8-7-4-2-1-3-5-7/h2-5,9H,1H3;1-6H,(H,8,9). The van der Waals surface area contributed by atoms with Crippen molar-refractivity contribution in [2.75, 3.05) is 17.7 Å². The molecule has 0 aliphatic heterocycles. The van der Waals surface area contributed by atoms with Gasteiger partial charge in [0, 0.05) is 23.4 Å². The molecule has 0 saturated carbocycles. The van der Waals surface area contributed by atoms with Gasteiger partial charge in [-0.05, 0) is 30.3 Å². The number of hydrogen-bond acceptors (Lipinski definition) is 2. The van der Waals surface area contributed by atoms with E-state index in [1.165, 1.54) is 0 Å². The molecule has 18 heavy (non-hydrogen) atoms. The lowest BCUT2D eigenvalue weighted by molar-refractivity contribution is -0.105. The maximum atomic E-state index is 9.86. The van der Waals surface area contributed by atoms with Gasteiger partial charge >= 0.3 is 0 Å². The minimum atomic E-state index is 0.662. The van der Waals surface area contributed by atoms with E-state index in [2.05, 4.69) is 10.6 Å². The average molecular weight is 263 g/mol.